The molecule has 0 aliphatic rings. The second-order valence-electron chi connectivity index (χ2n) is 5.57. The number of benzene rings is 1. The SMILES string of the molecule is CC(C)n1nc(-c2ncc(N)nc2-c2ccccc2Br)ccc1=O. The van der Waals surface area contributed by atoms with Crippen LogP contribution in [-0.2, 0) is 0 Å². The molecule has 7 heteroatoms. The number of halogens is 1. The van der Waals surface area contributed by atoms with Crippen molar-refractivity contribution in [2.24, 2.45) is 0 Å². The first-order valence-electron chi connectivity index (χ1n) is 7.45. The fraction of sp³-hybridized carbons (Fsp3) is 0.176. The van der Waals surface area contributed by atoms with Gasteiger partial charge in [0.15, 0.2) is 0 Å². The van der Waals surface area contributed by atoms with Gasteiger partial charge in [0, 0.05) is 16.1 Å². The Bertz CT molecular complexity index is 952. The predicted octanol–water partition coefficient (Wildman–Crippen LogP) is 3.29. The molecule has 0 saturated carbocycles. The van der Waals surface area contributed by atoms with Crippen LogP contribution >= 0.6 is 15.9 Å². The van der Waals surface area contributed by atoms with Gasteiger partial charge < -0.3 is 5.73 Å². The molecule has 122 valence electrons. The third-order valence-electron chi connectivity index (χ3n) is 3.48. The van der Waals surface area contributed by atoms with Crippen molar-refractivity contribution in [2.75, 3.05) is 5.73 Å². The van der Waals surface area contributed by atoms with Crippen LogP contribution < -0.4 is 11.3 Å². The van der Waals surface area contributed by atoms with Gasteiger partial charge in [-0.1, -0.05) is 34.1 Å². The Balaban J connectivity index is 2.25. The molecule has 0 atom stereocenters. The quantitative estimate of drug-likeness (QED) is 0.747. The summed E-state index contributed by atoms with van der Waals surface area (Å²) in [7, 11) is 0. The van der Waals surface area contributed by atoms with Gasteiger partial charge in [-0.3, -0.25) is 4.79 Å². The fourth-order valence-corrected chi connectivity index (χ4v) is 2.83. The van der Waals surface area contributed by atoms with Crippen LogP contribution in [0.15, 0.2) is 51.9 Å². The van der Waals surface area contributed by atoms with Crippen LogP contribution in [0.5, 0.6) is 0 Å². The highest BCUT2D eigenvalue weighted by molar-refractivity contribution is 9.10. The second kappa shape index (κ2) is 6.52. The molecule has 0 fully saturated rings. The van der Waals surface area contributed by atoms with Gasteiger partial charge in [-0.25, -0.2) is 14.6 Å². The zero-order valence-corrected chi connectivity index (χ0v) is 14.9. The smallest absolute Gasteiger partial charge is 0.267 e. The monoisotopic (exact) mass is 385 g/mol. The van der Waals surface area contributed by atoms with E-state index in [2.05, 4.69) is 31.0 Å². The van der Waals surface area contributed by atoms with Gasteiger partial charge in [-0.15, -0.1) is 0 Å². The summed E-state index contributed by atoms with van der Waals surface area (Å²) in [5.41, 5.74) is 8.30. The molecule has 3 rings (SSSR count). The van der Waals surface area contributed by atoms with E-state index in [1.54, 1.807) is 6.07 Å². The van der Waals surface area contributed by atoms with Crippen molar-refractivity contribution in [3.63, 3.8) is 0 Å². The maximum atomic E-state index is 11.9. The summed E-state index contributed by atoms with van der Waals surface area (Å²) in [6, 6.07) is 10.8. The van der Waals surface area contributed by atoms with Crippen molar-refractivity contribution >= 4 is 21.7 Å². The third kappa shape index (κ3) is 3.07. The van der Waals surface area contributed by atoms with Crippen molar-refractivity contribution in [3.8, 4) is 22.6 Å². The topological polar surface area (TPSA) is 86.7 Å². The zero-order valence-electron chi connectivity index (χ0n) is 13.3. The predicted molar refractivity (Wildman–Crippen MR) is 97.5 cm³/mol. The molecule has 24 heavy (non-hydrogen) atoms. The average molecular weight is 386 g/mol. The summed E-state index contributed by atoms with van der Waals surface area (Å²) in [6.45, 7) is 3.81. The van der Waals surface area contributed by atoms with E-state index in [4.69, 9.17) is 5.73 Å². The molecular weight excluding hydrogens is 370 g/mol. The maximum Gasteiger partial charge on any atom is 0.267 e. The molecular formula is C17H16BrN5O. The van der Waals surface area contributed by atoms with Gasteiger partial charge in [0.1, 0.15) is 22.9 Å². The van der Waals surface area contributed by atoms with Crippen molar-refractivity contribution in [2.45, 2.75) is 19.9 Å². The molecule has 0 spiro atoms. The van der Waals surface area contributed by atoms with Crippen LogP contribution in [0.3, 0.4) is 0 Å². The highest BCUT2D eigenvalue weighted by Crippen LogP contribution is 2.32. The molecule has 3 aromatic rings. The molecule has 0 amide bonds. The van der Waals surface area contributed by atoms with E-state index < -0.39 is 0 Å². The van der Waals surface area contributed by atoms with Gasteiger partial charge in [0.2, 0.25) is 0 Å². The van der Waals surface area contributed by atoms with E-state index in [0.717, 1.165) is 10.0 Å². The first-order valence-corrected chi connectivity index (χ1v) is 8.24. The van der Waals surface area contributed by atoms with Gasteiger partial charge in [0.05, 0.1) is 12.2 Å². The molecule has 0 radical (unpaired) electrons. The number of aromatic nitrogens is 4. The lowest BCUT2D eigenvalue weighted by atomic mass is 10.1. The Morgan fingerprint density at radius 1 is 1.12 bits per heavy atom. The highest BCUT2D eigenvalue weighted by Gasteiger charge is 2.16. The number of rotatable bonds is 3. The lowest BCUT2D eigenvalue weighted by Crippen LogP contribution is -2.24. The van der Waals surface area contributed by atoms with Gasteiger partial charge in [-0.2, -0.15) is 5.10 Å². The largest absolute Gasteiger partial charge is 0.382 e. The van der Waals surface area contributed by atoms with E-state index in [1.165, 1.54) is 16.9 Å². The number of hydrogen-bond donors (Lipinski definition) is 1. The number of anilines is 1. The minimum atomic E-state index is -0.153. The molecule has 0 aliphatic carbocycles. The van der Waals surface area contributed by atoms with Crippen LogP contribution in [0.25, 0.3) is 22.6 Å². The lowest BCUT2D eigenvalue weighted by Gasteiger charge is -2.13. The van der Waals surface area contributed by atoms with E-state index in [0.29, 0.717) is 22.9 Å². The third-order valence-corrected chi connectivity index (χ3v) is 4.17. The Labute approximate surface area is 147 Å². The van der Waals surface area contributed by atoms with Gasteiger partial charge >= 0.3 is 0 Å². The summed E-state index contributed by atoms with van der Waals surface area (Å²) < 4.78 is 2.31. The van der Waals surface area contributed by atoms with E-state index in [9.17, 15) is 4.79 Å². The average Bonchev–Trinajstić information content (AvgIpc) is 2.55. The van der Waals surface area contributed by atoms with Crippen molar-refractivity contribution in [3.05, 3.63) is 57.4 Å². The van der Waals surface area contributed by atoms with Crippen LogP contribution in [0.2, 0.25) is 0 Å². The van der Waals surface area contributed by atoms with Crippen LogP contribution in [0, 0.1) is 0 Å². The van der Waals surface area contributed by atoms with Crippen molar-refractivity contribution in [1.29, 1.82) is 0 Å². The number of nitrogens with zero attached hydrogens (tertiary/aromatic N) is 4. The molecule has 0 aliphatic heterocycles. The summed E-state index contributed by atoms with van der Waals surface area (Å²) in [6.07, 6.45) is 1.49. The number of nitrogen functional groups attached to an aromatic ring is 1. The first kappa shape index (κ1) is 16.3. The molecule has 0 unspecified atom stereocenters. The molecule has 0 saturated heterocycles. The molecule has 0 bridgehead atoms. The second-order valence-corrected chi connectivity index (χ2v) is 6.42. The van der Waals surface area contributed by atoms with E-state index >= 15 is 0 Å². The van der Waals surface area contributed by atoms with Gasteiger partial charge in [-0.05, 0) is 26.0 Å². The minimum absolute atomic E-state index is 0.0499. The number of hydrogen-bond acceptors (Lipinski definition) is 5. The highest BCUT2D eigenvalue weighted by atomic mass is 79.9. The molecule has 6 nitrogen and oxygen atoms in total. The molecule has 2 N–H and O–H groups in total. The Morgan fingerprint density at radius 2 is 1.88 bits per heavy atom. The van der Waals surface area contributed by atoms with Crippen molar-refractivity contribution in [1.82, 2.24) is 19.7 Å². The summed E-state index contributed by atoms with van der Waals surface area (Å²) in [5, 5.41) is 4.43. The normalized spacial score (nSPS) is 11.0. The van der Waals surface area contributed by atoms with Crippen LogP contribution in [-0.4, -0.2) is 19.7 Å². The van der Waals surface area contributed by atoms with E-state index in [-0.39, 0.29) is 11.6 Å². The summed E-state index contributed by atoms with van der Waals surface area (Å²) in [4.78, 5) is 20.8. The standard InChI is InChI=1S/C17H16BrN5O/c1-10(2)23-15(24)8-7-13(22-23)17-16(21-14(19)9-20-17)11-5-3-4-6-12(11)18/h3-10H,1-2H3,(H2,19,21). The van der Waals surface area contributed by atoms with Gasteiger partial charge in [0.25, 0.3) is 5.56 Å². The fourth-order valence-electron chi connectivity index (χ4n) is 2.35. The Morgan fingerprint density at radius 3 is 2.58 bits per heavy atom. The van der Waals surface area contributed by atoms with Crippen LogP contribution in [0.4, 0.5) is 5.82 Å². The minimum Gasteiger partial charge on any atom is -0.382 e. The lowest BCUT2D eigenvalue weighted by molar-refractivity contribution is 0.504. The first-order chi connectivity index (χ1) is 11.5. The van der Waals surface area contributed by atoms with Crippen molar-refractivity contribution < 1.29 is 0 Å². The summed E-state index contributed by atoms with van der Waals surface area (Å²) in [5.74, 6) is 0.321. The zero-order chi connectivity index (χ0) is 17.3. The molecule has 2 heterocycles. The Hall–Kier alpha value is -2.54. The number of nitrogens with two attached hydrogens (primary N) is 1. The summed E-state index contributed by atoms with van der Waals surface area (Å²) >= 11 is 3.53. The Kier molecular flexibility index (Phi) is 4.44. The maximum absolute atomic E-state index is 11.9. The van der Waals surface area contributed by atoms with Crippen LogP contribution in [0.1, 0.15) is 19.9 Å². The molecule has 2 aromatic heterocycles. The molecule has 1 aromatic carbocycles. The van der Waals surface area contributed by atoms with E-state index in [1.807, 2.05) is 38.1 Å².